The number of hydrogen-bond donors (Lipinski definition) is 0. The molecule has 0 aliphatic heterocycles. The molecule has 19 heavy (non-hydrogen) atoms. The van der Waals surface area contributed by atoms with E-state index in [0.29, 0.717) is 6.54 Å². The van der Waals surface area contributed by atoms with Gasteiger partial charge in [-0.15, -0.1) is 11.6 Å². The molecule has 0 aliphatic rings. The van der Waals surface area contributed by atoms with Gasteiger partial charge in [0.2, 0.25) is 0 Å². The first-order valence-corrected chi connectivity index (χ1v) is 6.89. The van der Waals surface area contributed by atoms with Crippen molar-refractivity contribution in [3.8, 4) is 0 Å². The third-order valence-corrected chi connectivity index (χ3v) is 3.88. The van der Waals surface area contributed by atoms with Crippen LogP contribution in [0.2, 0.25) is 0 Å². The normalized spacial score (nSPS) is 12.7. The molecule has 0 fully saturated rings. The van der Waals surface area contributed by atoms with Gasteiger partial charge in [0, 0.05) is 11.3 Å². The van der Waals surface area contributed by atoms with Crippen LogP contribution in [0, 0.1) is 19.7 Å². The van der Waals surface area contributed by atoms with Crippen molar-refractivity contribution in [2.45, 2.75) is 39.1 Å². The molecule has 0 bridgehead atoms. The molecule has 1 atom stereocenters. The lowest BCUT2D eigenvalue weighted by atomic mass is 10.1. The van der Waals surface area contributed by atoms with E-state index in [4.69, 9.17) is 11.6 Å². The summed E-state index contributed by atoms with van der Waals surface area (Å²) in [4.78, 5) is 0. The maximum atomic E-state index is 12.9. The van der Waals surface area contributed by atoms with E-state index in [1.54, 1.807) is 12.1 Å². The summed E-state index contributed by atoms with van der Waals surface area (Å²) < 4.78 is 14.8. The molecule has 0 N–H and O–H groups in total. The first-order chi connectivity index (χ1) is 9.02. The van der Waals surface area contributed by atoms with Gasteiger partial charge in [0.1, 0.15) is 5.82 Å². The number of alkyl halides is 1. The molecule has 0 aliphatic carbocycles. The second-order valence-electron chi connectivity index (χ2n) is 4.74. The molecule has 2 aromatic rings. The van der Waals surface area contributed by atoms with Gasteiger partial charge < -0.3 is 0 Å². The van der Waals surface area contributed by atoms with Gasteiger partial charge in [-0.05, 0) is 38.0 Å². The number of halogens is 2. The zero-order valence-corrected chi connectivity index (χ0v) is 12.2. The Kier molecular flexibility index (Phi) is 4.25. The average molecular weight is 281 g/mol. The van der Waals surface area contributed by atoms with E-state index in [1.165, 1.54) is 12.1 Å². The van der Waals surface area contributed by atoms with Crippen LogP contribution in [0.1, 0.15) is 41.2 Å². The van der Waals surface area contributed by atoms with Crippen molar-refractivity contribution in [1.29, 1.82) is 0 Å². The Labute approximate surface area is 118 Å². The highest BCUT2D eigenvalue weighted by Crippen LogP contribution is 2.29. The predicted octanol–water partition coefficient (Wildman–Crippen LogP) is 4.38. The minimum atomic E-state index is -0.218. The zero-order chi connectivity index (χ0) is 14.0. The minimum absolute atomic E-state index is 0.00182. The molecule has 0 spiro atoms. The van der Waals surface area contributed by atoms with Crippen molar-refractivity contribution in [1.82, 2.24) is 9.78 Å². The average Bonchev–Trinajstić information content (AvgIpc) is 2.66. The number of benzene rings is 1. The van der Waals surface area contributed by atoms with Crippen LogP contribution < -0.4 is 0 Å². The summed E-state index contributed by atoms with van der Waals surface area (Å²) in [5, 5.41) is 4.54. The Morgan fingerprint density at radius 1 is 1.26 bits per heavy atom. The summed E-state index contributed by atoms with van der Waals surface area (Å²) >= 11 is 6.34. The largest absolute Gasteiger partial charge is 0.265 e. The summed E-state index contributed by atoms with van der Waals surface area (Å²) in [5.74, 6) is -0.218. The van der Waals surface area contributed by atoms with Crippen LogP contribution in [0.4, 0.5) is 4.39 Å². The molecule has 4 heteroatoms. The predicted molar refractivity (Wildman–Crippen MR) is 76.1 cm³/mol. The maximum absolute atomic E-state index is 12.9. The van der Waals surface area contributed by atoms with E-state index in [9.17, 15) is 4.39 Å². The first kappa shape index (κ1) is 14.1. The summed E-state index contributed by atoms with van der Waals surface area (Å²) in [6, 6.07) is 6.50. The van der Waals surface area contributed by atoms with Crippen LogP contribution in [-0.2, 0) is 6.54 Å². The Bertz CT molecular complexity index is 560. The standard InChI is InChI=1S/C15H18ClFN2/c1-4-14(16)15-10(2)18-19(11(15)3)9-12-5-7-13(17)8-6-12/h5-8,14H,4,9H2,1-3H3. The zero-order valence-electron chi connectivity index (χ0n) is 11.5. The Morgan fingerprint density at radius 3 is 2.47 bits per heavy atom. The molecule has 102 valence electrons. The van der Waals surface area contributed by atoms with Crippen LogP contribution in [0.25, 0.3) is 0 Å². The van der Waals surface area contributed by atoms with Crippen molar-refractivity contribution in [2.75, 3.05) is 0 Å². The number of aryl methyl sites for hydroxylation is 1. The topological polar surface area (TPSA) is 17.8 Å². The smallest absolute Gasteiger partial charge is 0.123 e. The van der Waals surface area contributed by atoms with E-state index in [2.05, 4.69) is 12.0 Å². The highest BCUT2D eigenvalue weighted by atomic mass is 35.5. The Balaban J connectivity index is 2.29. The highest BCUT2D eigenvalue weighted by Gasteiger charge is 2.17. The lowest BCUT2D eigenvalue weighted by Gasteiger charge is -2.08. The molecule has 0 saturated heterocycles. The van der Waals surface area contributed by atoms with Gasteiger partial charge in [0.15, 0.2) is 0 Å². The van der Waals surface area contributed by atoms with Crippen LogP contribution in [-0.4, -0.2) is 9.78 Å². The van der Waals surface area contributed by atoms with Crippen LogP contribution in [0.3, 0.4) is 0 Å². The molecule has 1 aromatic heterocycles. The van der Waals surface area contributed by atoms with Gasteiger partial charge in [-0.3, -0.25) is 4.68 Å². The number of hydrogen-bond acceptors (Lipinski definition) is 1. The number of rotatable bonds is 4. The van der Waals surface area contributed by atoms with E-state index >= 15 is 0 Å². The highest BCUT2D eigenvalue weighted by molar-refractivity contribution is 6.20. The SMILES string of the molecule is CCC(Cl)c1c(C)nn(Cc2ccc(F)cc2)c1C. The van der Waals surface area contributed by atoms with Gasteiger partial charge in [0.05, 0.1) is 17.6 Å². The maximum Gasteiger partial charge on any atom is 0.123 e. The monoisotopic (exact) mass is 280 g/mol. The van der Waals surface area contributed by atoms with E-state index in [-0.39, 0.29) is 11.2 Å². The summed E-state index contributed by atoms with van der Waals surface area (Å²) in [6.07, 6.45) is 0.880. The fraction of sp³-hybridized carbons (Fsp3) is 0.400. The van der Waals surface area contributed by atoms with Crippen molar-refractivity contribution in [2.24, 2.45) is 0 Å². The molecule has 0 amide bonds. The van der Waals surface area contributed by atoms with Crippen molar-refractivity contribution >= 4 is 11.6 Å². The fourth-order valence-electron chi connectivity index (χ4n) is 2.28. The van der Waals surface area contributed by atoms with Gasteiger partial charge in [0.25, 0.3) is 0 Å². The minimum Gasteiger partial charge on any atom is -0.265 e. The number of aromatic nitrogens is 2. The number of nitrogens with zero attached hydrogens (tertiary/aromatic N) is 2. The van der Waals surface area contributed by atoms with E-state index < -0.39 is 0 Å². The molecule has 1 aromatic carbocycles. The third kappa shape index (κ3) is 2.98. The van der Waals surface area contributed by atoms with E-state index in [1.807, 2.05) is 18.5 Å². The molecule has 1 unspecified atom stereocenters. The summed E-state index contributed by atoms with van der Waals surface area (Å²) in [6.45, 7) is 6.71. The van der Waals surface area contributed by atoms with Crippen molar-refractivity contribution < 1.29 is 4.39 Å². The van der Waals surface area contributed by atoms with Crippen LogP contribution in [0.15, 0.2) is 24.3 Å². The lowest BCUT2D eigenvalue weighted by Crippen LogP contribution is -2.04. The quantitative estimate of drug-likeness (QED) is 0.760. The molecule has 2 rings (SSSR count). The third-order valence-electron chi connectivity index (χ3n) is 3.35. The van der Waals surface area contributed by atoms with E-state index in [0.717, 1.165) is 28.9 Å². The molecular weight excluding hydrogens is 263 g/mol. The Hall–Kier alpha value is -1.35. The summed E-state index contributed by atoms with van der Waals surface area (Å²) in [5.41, 5.74) is 4.21. The fourth-order valence-corrected chi connectivity index (χ4v) is 2.60. The molecule has 2 nitrogen and oxygen atoms in total. The Morgan fingerprint density at radius 2 is 1.89 bits per heavy atom. The lowest BCUT2D eigenvalue weighted by molar-refractivity contribution is 0.622. The van der Waals surface area contributed by atoms with Gasteiger partial charge in [-0.1, -0.05) is 19.1 Å². The van der Waals surface area contributed by atoms with Crippen LogP contribution >= 0.6 is 11.6 Å². The van der Waals surface area contributed by atoms with Gasteiger partial charge in [-0.25, -0.2) is 4.39 Å². The molecular formula is C15H18ClFN2. The summed E-state index contributed by atoms with van der Waals surface area (Å²) in [7, 11) is 0. The first-order valence-electron chi connectivity index (χ1n) is 6.45. The molecule has 0 saturated carbocycles. The van der Waals surface area contributed by atoms with Crippen molar-refractivity contribution in [3.05, 3.63) is 52.6 Å². The second kappa shape index (κ2) is 5.74. The molecule has 1 heterocycles. The van der Waals surface area contributed by atoms with Crippen LogP contribution in [0.5, 0.6) is 0 Å². The van der Waals surface area contributed by atoms with Gasteiger partial charge in [-0.2, -0.15) is 5.10 Å². The van der Waals surface area contributed by atoms with Crippen molar-refractivity contribution in [3.63, 3.8) is 0 Å². The van der Waals surface area contributed by atoms with Gasteiger partial charge >= 0.3 is 0 Å². The second-order valence-corrected chi connectivity index (χ2v) is 5.27. The molecule has 0 radical (unpaired) electrons.